The first kappa shape index (κ1) is 23.8. The van der Waals surface area contributed by atoms with Gasteiger partial charge in [0.15, 0.2) is 0 Å². The van der Waals surface area contributed by atoms with Crippen LogP contribution in [0.5, 0.6) is 11.5 Å². The Morgan fingerprint density at radius 3 is 2.21 bits per heavy atom. The van der Waals surface area contributed by atoms with Crippen molar-refractivity contribution in [3.05, 3.63) is 122 Å². The lowest BCUT2D eigenvalue weighted by atomic mass is 10.1. The fourth-order valence-corrected chi connectivity index (χ4v) is 4.81. The Labute approximate surface area is 223 Å². The van der Waals surface area contributed by atoms with E-state index in [2.05, 4.69) is 30.9 Å². The zero-order valence-corrected chi connectivity index (χ0v) is 21.2. The molecule has 0 unspecified atom stereocenters. The standard InChI is InChI=1S/C17H10BrFN2O2.C11H8N2O2/c18-13-8-12-14(9-23-15-2-1-7-20-16(12)15)21(17(13)22)11-5-3-10(19)4-6-11;14-10-4-3-7-8(13-10)6-15-9-2-1-5-12-11(7)9/h1-8H,9H2;1-5H,6H2,(H,13,14). The van der Waals surface area contributed by atoms with Gasteiger partial charge in [0, 0.05) is 35.3 Å². The minimum absolute atomic E-state index is 0.114. The van der Waals surface area contributed by atoms with Crippen molar-refractivity contribution >= 4 is 15.9 Å². The quantitative estimate of drug-likeness (QED) is 0.303. The molecule has 4 aromatic heterocycles. The first-order valence-corrected chi connectivity index (χ1v) is 12.4. The van der Waals surface area contributed by atoms with Gasteiger partial charge in [-0.15, -0.1) is 0 Å². The molecule has 0 amide bonds. The van der Waals surface area contributed by atoms with Crippen LogP contribution >= 0.6 is 15.9 Å². The lowest BCUT2D eigenvalue weighted by molar-refractivity contribution is 0.292. The molecule has 0 fully saturated rings. The van der Waals surface area contributed by atoms with E-state index in [1.54, 1.807) is 42.7 Å². The first-order chi connectivity index (χ1) is 18.5. The number of aromatic nitrogens is 4. The summed E-state index contributed by atoms with van der Waals surface area (Å²) in [7, 11) is 0. The number of benzene rings is 1. The van der Waals surface area contributed by atoms with Crippen molar-refractivity contribution in [1.82, 2.24) is 19.5 Å². The van der Waals surface area contributed by atoms with Crippen molar-refractivity contribution in [1.29, 1.82) is 0 Å². The number of aromatic amines is 1. The van der Waals surface area contributed by atoms with Crippen molar-refractivity contribution in [3.8, 4) is 39.7 Å². The number of nitrogens with one attached hydrogen (secondary N) is 1. The van der Waals surface area contributed by atoms with Gasteiger partial charge in [-0.2, -0.15) is 0 Å². The molecule has 0 saturated heterocycles. The second-order valence-corrected chi connectivity index (χ2v) is 9.32. The van der Waals surface area contributed by atoms with Gasteiger partial charge in [-0.1, -0.05) is 0 Å². The van der Waals surface area contributed by atoms with Gasteiger partial charge in [0.25, 0.3) is 5.56 Å². The maximum absolute atomic E-state index is 13.2. The number of pyridine rings is 4. The number of hydrogen-bond acceptors (Lipinski definition) is 6. The van der Waals surface area contributed by atoms with Gasteiger partial charge in [0.2, 0.25) is 5.56 Å². The molecule has 10 heteroatoms. The SMILES string of the molecule is O=c1c(Br)cc2c(n1-c1ccc(F)cc1)COc1cccnc1-2.O=c1ccc2c([nH]1)COc1cccnc1-2. The van der Waals surface area contributed by atoms with Crippen LogP contribution in [0.2, 0.25) is 0 Å². The van der Waals surface area contributed by atoms with E-state index in [0.717, 1.165) is 28.3 Å². The number of halogens is 2. The molecule has 2 aliphatic rings. The van der Waals surface area contributed by atoms with Crippen LogP contribution in [0.1, 0.15) is 11.4 Å². The monoisotopic (exact) mass is 572 g/mol. The molecule has 0 radical (unpaired) electrons. The van der Waals surface area contributed by atoms with Gasteiger partial charge in [-0.25, -0.2) is 4.39 Å². The summed E-state index contributed by atoms with van der Waals surface area (Å²) < 4.78 is 26.3. The molecule has 6 heterocycles. The molecule has 1 N–H and O–H groups in total. The lowest BCUT2D eigenvalue weighted by Gasteiger charge is -2.23. The van der Waals surface area contributed by atoms with Crippen LogP contribution in [0.25, 0.3) is 28.2 Å². The van der Waals surface area contributed by atoms with Gasteiger partial charge in [-0.3, -0.25) is 24.1 Å². The predicted octanol–water partition coefficient (Wildman–Crippen LogP) is 5.02. The highest BCUT2D eigenvalue weighted by Crippen LogP contribution is 2.37. The highest BCUT2D eigenvalue weighted by molar-refractivity contribution is 9.10. The molecule has 38 heavy (non-hydrogen) atoms. The van der Waals surface area contributed by atoms with Crippen molar-refractivity contribution < 1.29 is 13.9 Å². The molecule has 0 atom stereocenters. The molecule has 0 aliphatic carbocycles. The highest BCUT2D eigenvalue weighted by Gasteiger charge is 2.24. The third-order valence-corrected chi connectivity index (χ3v) is 6.70. The zero-order chi connectivity index (χ0) is 26.2. The maximum Gasteiger partial charge on any atom is 0.269 e. The van der Waals surface area contributed by atoms with E-state index in [1.165, 1.54) is 22.8 Å². The van der Waals surface area contributed by atoms with Crippen LogP contribution in [0.3, 0.4) is 0 Å². The van der Waals surface area contributed by atoms with Gasteiger partial charge < -0.3 is 14.5 Å². The molecule has 0 bridgehead atoms. The number of nitrogens with zero attached hydrogens (tertiary/aromatic N) is 3. The molecule has 5 aromatic rings. The normalized spacial score (nSPS) is 12.4. The van der Waals surface area contributed by atoms with E-state index in [9.17, 15) is 14.0 Å². The van der Waals surface area contributed by atoms with Gasteiger partial charge in [0.05, 0.1) is 15.9 Å². The van der Waals surface area contributed by atoms with Gasteiger partial charge in [-0.05, 0) is 76.6 Å². The predicted molar refractivity (Wildman–Crippen MR) is 142 cm³/mol. The van der Waals surface area contributed by atoms with E-state index in [-0.39, 0.29) is 23.5 Å². The molecular formula is C28H18BrFN4O4. The summed E-state index contributed by atoms with van der Waals surface area (Å²) >= 11 is 3.31. The second-order valence-electron chi connectivity index (χ2n) is 8.46. The maximum atomic E-state index is 13.2. The number of rotatable bonds is 1. The molecule has 1 aromatic carbocycles. The van der Waals surface area contributed by atoms with Gasteiger partial charge in [0.1, 0.15) is 41.9 Å². The molecular weight excluding hydrogens is 555 g/mol. The van der Waals surface area contributed by atoms with E-state index < -0.39 is 0 Å². The molecule has 188 valence electrons. The topological polar surface area (TPSA) is 99.1 Å². The Kier molecular flexibility index (Phi) is 6.09. The van der Waals surface area contributed by atoms with Gasteiger partial charge >= 0.3 is 0 Å². The summed E-state index contributed by atoms with van der Waals surface area (Å²) in [6, 6.07) is 18.2. The molecule has 7 rings (SSSR count). The first-order valence-electron chi connectivity index (χ1n) is 11.6. The van der Waals surface area contributed by atoms with E-state index >= 15 is 0 Å². The lowest BCUT2D eigenvalue weighted by Crippen LogP contribution is -2.26. The van der Waals surface area contributed by atoms with Crippen LogP contribution in [0.15, 0.2) is 93.2 Å². The molecule has 0 spiro atoms. The van der Waals surface area contributed by atoms with Crippen molar-refractivity contribution in [2.24, 2.45) is 0 Å². The van der Waals surface area contributed by atoms with Crippen LogP contribution in [0, 0.1) is 5.82 Å². The molecule has 8 nitrogen and oxygen atoms in total. The third kappa shape index (κ3) is 4.28. The van der Waals surface area contributed by atoms with E-state index in [1.807, 2.05) is 18.2 Å². The molecule has 2 aliphatic heterocycles. The van der Waals surface area contributed by atoms with Crippen molar-refractivity contribution in [2.75, 3.05) is 0 Å². The molecule has 0 saturated carbocycles. The number of H-pyrrole nitrogens is 1. The van der Waals surface area contributed by atoms with Crippen LogP contribution in [-0.4, -0.2) is 19.5 Å². The number of hydrogen-bond donors (Lipinski definition) is 1. The number of fused-ring (bicyclic) bond motifs is 6. The summed E-state index contributed by atoms with van der Waals surface area (Å²) in [5.41, 5.74) is 4.95. The average Bonchev–Trinajstić information content (AvgIpc) is 2.94. The Balaban J connectivity index is 0.000000152. The van der Waals surface area contributed by atoms with Crippen LogP contribution in [-0.2, 0) is 13.2 Å². The van der Waals surface area contributed by atoms with Crippen molar-refractivity contribution in [3.63, 3.8) is 0 Å². The largest absolute Gasteiger partial charge is 0.485 e. The number of ether oxygens (including phenoxy) is 2. The minimum atomic E-state index is -0.353. The van der Waals surface area contributed by atoms with E-state index in [0.29, 0.717) is 33.9 Å². The third-order valence-electron chi connectivity index (χ3n) is 6.13. The average molecular weight is 573 g/mol. The Bertz CT molecular complexity index is 1800. The fourth-order valence-electron chi connectivity index (χ4n) is 4.40. The Hall–Kier alpha value is -4.57. The zero-order valence-electron chi connectivity index (χ0n) is 19.7. The highest BCUT2D eigenvalue weighted by atomic mass is 79.9. The van der Waals surface area contributed by atoms with Crippen LogP contribution in [0.4, 0.5) is 4.39 Å². The second kappa shape index (κ2) is 9.71. The van der Waals surface area contributed by atoms with Crippen LogP contribution < -0.4 is 20.6 Å². The summed E-state index contributed by atoms with van der Waals surface area (Å²) in [5.74, 6) is 1.09. The minimum Gasteiger partial charge on any atom is -0.485 e. The summed E-state index contributed by atoms with van der Waals surface area (Å²) in [5, 5.41) is 0. The fraction of sp³-hybridized carbons (Fsp3) is 0.0714. The van der Waals surface area contributed by atoms with Crippen molar-refractivity contribution in [2.45, 2.75) is 13.2 Å². The summed E-state index contributed by atoms with van der Waals surface area (Å²) in [6.45, 7) is 0.637. The Morgan fingerprint density at radius 2 is 1.50 bits per heavy atom. The van der Waals surface area contributed by atoms with E-state index in [4.69, 9.17) is 9.47 Å². The smallest absolute Gasteiger partial charge is 0.269 e. The summed E-state index contributed by atoms with van der Waals surface area (Å²) in [6.07, 6.45) is 3.39. The summed E-state index contributed by atoms with van der Waals surface area (Å²) in [4.78, 5) is 35.1. The Morgan fingerprint density at radius 1 is 0.842 bits per heavy atom.